The zero-order valence-corrected chi connectivity index (χ0v) is 20.5. The number of hydrogen-bond acceptors (Lipinski definition) is 1. The largest absolute Gasteiger partial charge is 0.316 e. The summed E-state index contributed by atoms with van der Waals surface area (Å²) >= 11 is 0. The maximum absolute atomic E-state index is 9.43. The van der Waals surface area contributed by atoms with E-state index in [1.165, 1.54) is 43.5 Å². The van der Waals surface area contributed by atoms with Crippen molar-refractivity contribution < 1.29 is 0 Å². The molecule has 0 amide bonds. The lowest BCUT2D eigenvalue weighted by Gasteiger charge is -2.12. The summed E-state index contributed by atoms with van der Waals surface area (Å²) in [5.41, 5.74) is 8.67. The Morgan fingerprint density at radius 1 is 0.553 bits per heavy atom. The maximum Gasteiger partial charge on any atom is 0.0991 e. The summed E-state index contributed by atoms with van der Waals surface area (Å²) in [6, 6.07) is 44.9. The van der Waals surface area contributed by atoms with Crippen LogP contribution in [0.3, 0.4) is 0 Å². The fourth-order valence-corrected chi connectivity index (χ4v) is 6.04. The van der Waals surface area contributed by atoms with Crippen LogP contribution in [0.1, 0.15) is 5.56 Å². The third-order valence-electron chi connectivity index (χ3n) is 7.69. The van der Waals surface area contributed by atoms with E-state index in [4.69, 9.17) is 0 Å². The molecular weight excluding hydrogens is 462 g/mol. The van der Waals surface area contributed by atoms with Gasteiger partial charge < -0.3 is 9.13 Å². The molecule has 0 saturated heterocycles. The van der Waals surface area contributed by atoms with Crippen molar-refractivity contribution >= 4 is 43.5 Å². The molecule has 0 atom stereocenters. The van der Waals surface area contributed by atoms with Crippen molar-refractivity contribution in [2.45, 2.75) is 0 Å². The Balaban J connectivity index is 1.49. The first-order valence-electron chi connectivity index (χ1n) is 12.8. The van der Waals surface area contributed by atoms with Crippen LogP contribution in [0.25, 0.3) is 66.0 Å². The van der Waals surface area contributed by atoms with Gasteiger partial charge in [-0.15, -0.1) is 0 Å². The van der Waals surface area contributed by atoms with Crippen LogP contribution in [0.15, 0.2) is 128 Å². The second-order valence-electron chi connectivity index (χ2n) is 9.80. The zero-order chi connectivity index (χ0) is 25.2. The minimum Gasteiger partial charge on any atom is -0.316 e. The highest BCUT2D eigenvalue weighted by Gasteiger charge is 2.21. The van der Waals surface area contributed by atoms with Crippen molar-refractivity contribution in [3.63, 3.8) is 0 Å². The van der Waals surface area contributed by atoms with Crippen molar-refractivity contribution in [1.82, 2.24) is 9.13 Å². The van der Waals surface area contributed by atoms with Gasteiger partial charge in [-0.25, -0.2) is 0 Å². The predicted molar refractivity (Wildman–Crippen MR) is 156 cm³/mol. The van der Waals surface area contributed by atoms with E-state index in [1.54, 1.807) is 0 Å². The highest BCUT2D eigenvalue weighted by atomic mass is 15.0. The third-order valence-corrected chi connectivity index (χ3v) is 7.69. The van der Waals surface area contributed by atoms with Gasteiger partial charge in [-0.1, -0.05) is 66.7 Å². The summed E-state index contributed by atoms with van der Waals surface area (Å²) in [7, 11) is 0. The van der Waals surface area contributed by atoms with Crippen molar-refractivity contribution in [3.05, 3.63) is 133 Å². The minimum absolute atomic E-state index is 0.667. The Bertz CT molecular complexity index is 2190. The van der Waals surface area contributed by atoms with Crippen molar-refractivity contribution in [2.75, 3.05) is 0 Å². The number of rotatable bonds is 3. The summed E-state index contributed by atoms with van der Waals surface area (Å²) in [6.07, 6.45) is 2.18. The van der Waals surface area contributed by atoms with E-state index in [0.717, 1.165) is 22.5 Å². The van der Waals surface area contributed by atoms with Gasteiger partial charge in [0, 0.05) is 33.7 Å². The monoisotopic (exact) mass is 483 g/mol. The molecule has 38 heavy (non-hydrogen) atoms. The molecule has 2 aromatic heterocycles. The molecule has 6 aromatic carbocycles. The summed E-state index contributed by atoms with van der Waals surface area (Å²) in [6.45, 7) is 0. The molecule has 0 spiro atoms. The summed E-state index contributed by atoms with van der Waals surface area (Å²) in [4.78, 5) is 0. The number of aromatic nitrogens is 2. The molecule has 176 valence electrons. The van der Waals surface area contributed by atoms with Gasteiger partial charge in [-0.05, 0) is 76.5 Å². The van der Waals surface area contributed by atoms with Crippen LogP contribution >= 0.6 is 0 Å². The van der Waals surface area contributed by atoms with Gasteiger partial charge in [-0.3, -0.25) is 0 Å². The Kier molecular flexibility index (Phi) is 4.29. The molecule has 0 aliphatic carbocycles. The molecule has 0 saturated carbocycles. The molecule has 8 rings (SSSR count). The van der Waals surface area contributed by atoms with E-state index < -0.39 is 0 Å². The standard InChI is InChI=1S/C35H21N3/c36-22-23-7-4-9-25(19-23)26-10-5-13-29(20-26)38-31-14-6-8-24-15-16-27-21-32-30(35(38)34(27)33(24)31)17-18-37(32)28-11-2-1-3-12-28/h1-21H. The molecule has 0 aliphatic rings. The molecule has 8 aromatic rings. The lowest BCUT2D eigenvalue weighted by molar-refractivity contribution is 1.13. The average molecular weight is 484 g/mol. The fourth-order valence-electron chi connectivity index (χ4n) is 6.04. The van der Waals surface area contributed by atoms with E-state index in [9.17, 15) is 5.26 Å². The SMILES string of the molecule is N#Cc1cccc(-c2cccc(-n3c4cccc5ccc6cc7c(ccn7-c7ccccc7)c3c6c54)c2)c1. The number of hydrogen-bond donors (Lipinski definition) is 0. The van der Waals surface area contributed by atoms with Gasteiger partial charge in [0.1, 0.15) is 0 Å². The molecule has 3 heteroatoms. The van der Waals surface area contributed by atoms with E-state index in [1.807, 2.05) is 18.2 Å². The molecule has 0 N–H and O–H groups in total. The topological polar surface area (TPSA) is 33.6 Å². The fraction of sp³-hybridized carbons (Fsp3) is 0. The van der Waals surface area contributed by atoms with E-state index in [2.05, 4.69) is 125 Å². The van der Waals surface area contributed by atoms with Crippen LogP contribution in [-0.4, -0.2) is 9.13 Å². The highest BCUT2D eigenvalue weighted by Crippen LogP contribution is 2.43. The van der Waals surface area contributed by atoms with Crippen LogP contribution in [0.2, 0.25) is 0 Å². The van der Waals surface area contributed by atoms with Gasteiger partial charge >= 0.3 is 0 Å². The highest BCUT2D eigenvalue weighted by molar-refractivity contribution is 6.30. The van der Waals surface area contributed by atoms with Crippen molar-refractivity contribution in [1.29, 1.82) is 5.26 Å². The first kappa shape index (κ1) is 20.8. The Morgan fingerprint density at radius 2 is 1.32 bits per heavy atom. The number of nitrogens with zero attached hydrogens (tertiary/aromatic N) is 3. The number of benzene rings is 6. The first-order valence-corrected chi connectivity index (χ1v) is 12.8. The molecule has 0 aliphatic heterocycles. The van der Waals surface area contributed by atoms with E-state index in [-0.39, 0.29) is 0 Å². The van der Waals surface area contributed by atoms with Crippen LogP contribution in [0.4, 0.5) is 0 Å². The van der Waals surface area contributed by atoms with Crippen LogP contribution in [0, 0.1) is 11.3 Å². The number of nitriles is 1. The molecule has 0 radical (unpaired) electrons. The van der Waals surface area contributed by atoms with E-state index in [0.29, 0.717) is 5.56 Å². The summed E-state index contributed by atoms with van der Waals surface area (Å²) < 4.78 is 4.69. The Morgan fingerprint density at radius 3 is 2.18 bits per heavy atom. The maximum atomic E-state index is 9.43. The van der Waals surface area contributed by atoms with Crippen molar-refractivity contribution in [2.24, 2.45) is 0 Å². The predicted octanol–water partition coefficient (Wildman–Crippen LogP) is 8.86. The molecule has 2 heterocycles. The van der Waals surface area contributed by atoms with Crippen LogP contribution in [0.5, 0.6) is 0 Å². The smallest absolute Gasteiger partial charge is 0.0991 e. The lowest BCUT2D eigenvalue weighted by Crippen LogP contribution is -1.95. The average Bonchev–Trinajstić information content (AvgIpc) is 3.56. The zero-order valence-electron chi connectivity index (χ0n) is 20.5. The quantitative estimate of drug-likeness (QED) is 0.231. The third kappa shape index (κ3) is 2.89. The van der Waals surface area contributed by atoms with Gasteiger partial charge in [0.2, 0.25) is 0 Å². The van der Waals surface area contributed by atoms with Crippen molar-refractivity contribution in [3.8, 4) is 28.6 Å². The molecule has 0 bridgehead atoms. The van der Waals surface area contributed by atoms with Crippen LogP contribution in [-0.2, 0) is 0 Å². The molecule has 0 fully saturated rings. The summed E-state index contributed by atoms with van der Waals surface area (Å²) in [5.74, 6) is 0. The second kappa shape index (κ2) is 7.83. The Hall–Kier alpha value is -5.33. The van der Waals surface area contributed by atoms with E-state index >= 15 is 0 Å². The first-order chi connectivity index (χ1) is 18.8. The van der Waals surface area contributed by atoms with Gasteiger partial charge in [0.05, 0.1) is 28.2 Å². The Labute approximate surface area is 219 Å². The normalized spacial score (nSPS) is 11.7. The lowest BCUT2D eigenvalue weighted by atomic mass is 10.0. The van der Waals surface area contributed by atoms with Crippen LogP contribution < -0.4 is 0 Å². The molecule has 3 nitrogen and oxygen atoms in total. The van der Waals surface area contributed by atoms with Gasteiger partial charge in [0.25, 0.3) is 0 Å². The number of para-hydroxylation sites is 1. The molecule has 0 unspecified atom stereocenters. The van der Waals surface area contributed by atoms with Gasteiger partial charge in [0.15, 0.2) is 0 Å². The second-order valence-corrected chi connectivity index (χ2v) is 9.80. The molecular formula is C35H21N3. The minimum atomic E-state index is 0.667. The van der Waals surface area contributed by atoms with Gasteiger partial charge in [-0.2, -0.15) is 5.26 Å². The summed E-state index contributed by atoms with van der Waals surface area (Å²) in [5, 5.41) is 15.7. The number of fused-ring (bicyclic) bond motifs is 2.